The Bertz CT molecular complexity index is 1490. The van der Waals surface area contributed by atoms with Gasteiger partial charge in [0.25, 0.3) is 0 Å². The molecule has 2 heterocycles. The maximum absolute atomic E-state index is 13.0. The van der Waals surface area contributed by atoms with Crippen LogP contribution in [0.1, 0.15) is 33.0 Å². The first-order chi connectivity index (χ1) is 18.2. The van der Waals surface area contributed by atoms with Crippen molar-refractivity contribution in [2.45, 2.75) is 12.1 Å². The van der Waals surface area contributed by atoms with Gasteiger partial charge < -0.3 is 4.74 Å². The molecule has 1 unspecified atom stereocenters. The largest absolute Gasteiger partial charge is 0.465 e. The van der Waals surface area contributed by atoms with E-state index in [1.165, 1.54) is 25.4 Å². The smallest absolute Gasteiger partial charge is 0.416 e. The van der Waals surface area contributed by atoms with Crippen molar-refractivity contribution in [3.8, 4) is 11.4 Å². The van der Waals surface area contributed by atoms with Crippen molar-refractivity contribution >= 4 is 29.1 Å². The average molecular weight is 537 g/mol. The number of carbonyl (C=O) groups excluding carboxylic acids is 1. The summed E-state index contributed by atoms with van der Waals surface area (Å²) in [7, 11) is 1.25. The van der Waals surface area contributed by atoms with Gasteiger partial charge in [-0.25, -0.2) is 19.8 Å². The summed E-state index contributed by atoms with van der Waals surface area (Å²) in [6.45, 7) is 0.357. The number of carbonyl (C=O) groups is 1. The number of alkyl halides is 3. The summed E-state index contributed by atoms with van der Waals surface area (Å²) in [5.41, 5.74) is 2.27. The van der Waals surface area contributed by atoms with Gasteiger partial charge in [0.1, 0.15) is 5.56 Å². The molecule has 1 aromatic heterocycles. The van der Waals surface area contributed by atoms with Gasteiger partial charge in [0.15, 0.2) is 11.6 Å². The summed E-state index contributed by atoms with van der Waals surface area (Å²) in [4.78, 5) is 21.4. The first-order valence-electron chi connectivity index (χ1n) is 11.5. The number of nitrogens with zero attached hydrogens (tertiary/aromatic N) is 4. The zero-order valence-corrected chi connectivity index (χ0v) is 20.7. The van der Waals surface area contributed by atoms with Crippen LogP contribution in [0.5, 0.6) is 0 Å². The summed E-state index contributed by atoms with van der Waals surface area (Å²) in [6.07, 6.45) is -3.16. The molecule has 0 saturated carbocycles. The number of methoxy groups -OCH3 is 1. The third-order valence-electron chi connectivity index (χ3n) is 6.14. The highest BCUT2D eigenvalue weighted by molar-refractivity contribution is 6.30. The minimum Gasteiger partial charge on any atom is -0.465 e. The summed E-state index contributed by atoms with van der Waals surface area (Å²) in [5.74, 6) is -0.489. The molecule has 192 valence electrons. The standard InChI is InChI=1S/C28H20ClF3N4O2/c1-38-27(37)22-15-33-25(19-7-11-20(12-8-19)28(30,31)32)34-26(22)36-16-23(17-5-3-2-4-6-17)24(35-36)18-9-13-21(29)14-10-18/h2-15,23H,16H2,1H3. The van der Waals surface area contributed by atoms with Crippen molar-refractivity contribution in [2.24, 2.45) is 5.10 Å². The number of hydrogen-bond donors (Lipinski definition) is 0. The molecule has 0 radical (unpaired) electrons. The number of ether oxygens (including phenoxy) is 1. The van der Waals surface area contributed by atoms with Gasteiger partial charge in [0.05, 0.1) is 24.9 Å². The second kappa shape index (κ2) is 10.3. The number of halogens is 4. The molecule has 1 atom stereocenters. The highest BCUT2D eigenvalue weighted by Gasteiger charge is 2.33. The molecule has 3 aromatic carbocycles. The van der Waals surface area contributed by atoms with Crippen molar-refractivity contribution < 1.29 is 22.7 Å². The molecule has 4 aromatic rings. The Morgan fingerprint density at radius 3 is 2.26 bits per heavy atom. The first kappa shape index (κ1) is 25.4. The van der Waals surface area contributed by atoms with Crippen LogP contribution in [0.15, 0.2) is 90.2 Å². The van der Waals surface area contributed by atoms with Crippen molar-refractivity contribution in [3.63, 3.8) is 0 Å². The van der Waals surface area contributed by atoms with Crippen molar-refractivity contribution in [1.29, 1.82) is 0 Å². The molecule has 38 heavy (non-hydrogen) atoms. The van der Waals surface area contributed by atoms with E-state index in [0.29, 0.717) is 17.1 Å². The number of hydrogen-bond acceptors (Lipinski definition) is 6. The third kappa shape index (κ3) is 5.10. The fourth-order valence-electron chi connectivity index (χ4n) is 4.23. The van der Waals surface area contributed by atoms with E-state index in [4.69, 9.17) is 21.4 Å². The molecule has 0 N–H and O–H groups in total. The van der Waals surface area contributed by atoms with E-state index < -0.39 is 17.7 Å². The highest BCUT2D eigenvalue weighted by Crippen LogP contribution is 2.35. The summed E-state index contributed by atoms with van der Waals surface area (Å²) < 4.78 is 44.0. The van der Waals surface area contributed by atoms with Gasteiger partial charge in [-0.2, -0.15) is 18.3 Å². The Balaban J connectivity index is 1.60. The summed E-state index contributed by atoms with van der Waals surface area (Å²) in [6, 6.07) is 21.6. The van der Waals surface area contributed by atoms with E-state index >= 15 is 0 Å². The zero-order chi connectivity index (χ0) is 26.9. The average Bonchev–Trinajstić information content (AvgIpc) is 3.38. The van der Waals surface area contributed by atoms with Gasteiger partial charge in [-0.05, 0) is 35.4 Å². The van der Waals surface area contributed by atoms with Crippen LogP contribution in [0.4, 0.5) is 19.0 Å². The van der Waals surface area contributed by atoms with Crippen LogP contribution in [-0.2, 0) is 10.9 Å². The number of esters is 1. The van der Waals surface area contributed by atoms with Gasteiger partial charge in [0.2, 0.25) is 0 Å². The molecule has 0 bridgehead atoms. The molecule has 0 amide bonds. The van der Waals surface area contributed by atoms with Gasteiger partial charge in [0, 0.05) is 22.7 Å². The number of aromatic nitrogens is 2. The quantitative estimate of drug-likeness (QED) is 0.268. The molecule has 0 aliphatic carbocycles. The molecular weight excluding hydrogens is 517 g/mol. The number of rotatable bonds is 5. The molecule has 0 fully saturated rings. The third-order valence-corrected chi connectivity index (χ3v) is 6.40. The second-order valence-electron chi connectivity index (χ2n) is 8.54. The number of anilines is 1. The summed E-state index contributed by atoms with van der Waals surface area (Å²) >= 11 is 6.10. The number of benzene rings is 3. The lowest BCUT2D eigenvalue weighted by molar-refractivity contribution is -0.137. The van der Waals surface area contributed by atoms with E-state index in [1.54, 1.807) is 17.1 Å². The van der Waals surface area contributed by atoms with Crippen molar-refractivity contribution in [2.75, 3.05) is 18.7 Å². The van der Waals surface area contributed by atoms with Crippen LogP contribution < -0.4 is 5.01 Å². The second-order valence-corrected chi connectivity index (χ2v) is 8.97. The molecule has 6 nitrogen and oxygen atoms in total. The Labute approximate surface area is 221 Å². The summed E-state index contributed by atoms with van der Waals surface area (Å²) in [5, 5.41) is 7.02. The lowest BCUT2D eigenvalue weighted by Gasteiger charge is -2.18. The molecule has 1 aliphatic rings. The number of hydrazone groups is 1. The van der Waals surface area contributed by atoms with Crippen LogP contribution in [0, 0.1) is 0 Å². The molecule has 0 spiro atoms. The predicted octanol–water partition coefficient (Wildman–Crippen LogP) is 6.61. The Kier molecular flexibility index (Phi) is 6.86. The van der Waals surface area contributed by atoms with Gasteiger partial charge in [-0.15, -0.1) is 0 Å². The predicted molar refractivity (Wildman–Crippen MR) is 138 cm³/mol. The van der Waals surface area contributed by atoms with Crippen LogP contribution in [0.2, 0.25) is 5.02 Å². The van der Waals surface area contributed by atoms with Crippen LogP contribution in [-0.4, -0.2) is 35.3 Å². The highest BCUT2D eigenvalue weighted by atomic mass is 35.5. The van der Waals surface area contributed by atoms with Gasteiger partial charge >= 0.3 is 12.1 Å². The SMILES string of the molecule is COC(=O)c1cnc(-c2ccc(C(F)(F)F)cc2)nc1N1CC(c2ccccc2)C(c2ccc(Cl)cc2)=N1. The Morgan fingerprint density at radius 1 is 0.974 bits per heavy atom. The fraction of sp³-hybridized carbons (Fsp3) is 0.143. The molecule has 1 aliphatic heterocycles. The Morgan fingerprint density at radius 2 is 1.63 bits per heavy atom. The molecular formula is C28H20ClF3N4O2. The van der Waals surface area contributed by atoms with E-state index in [0.717, 1.165) is 29.0 Å². The fourth-order valence-corrected chi connectivity index (χ4v) is 4.36. The van der Waals surface area contributed by atoms with Crippen LogP contribution >= 0.6 is 11.6 Å². The van der Waals surface area contributed by atoms with Gasteiger partial charge in [-0.3, -0.25) is 0 Å². The molecule has 0 saturated heterocycles. The maximum atomic E-state index is 13.0. The normalized spacial score (nSPS) is 15.3. The van der Waals surface area contributed by atoms with Crippen molar-refractivity contribution in [1.82, 2.24) is 9.97 Å². The maximum Gasteiger partial charge on any atom is 0.416 e. The van der Waals surface area contributed by atoms with E-state index in [1.807, 2.05) is 42.5 Å². The van der Waals surface area contributed by atoms with E-state index in [9.17, 15) is 18.0 Å². The first-order valence-corrected chi connectivity index (χ1v) is 11.9. The molecule has 5 rings (SSSR count). The monoisotopic (exact) mass is 536 g/mol. The molecule has 10 heteroatoms. The zero-order valence-electron chi connectivity index (χ0n) is 20.0. The minimum absolute atomic E-state index is 0.0797. The lowest BCUT2D eigenvalue weighted by atomic mass is 9.91. The Hall–Kier alpha value is -4.24. The van der Waals surface area contributed by atoms with Crippen LogP contribution in [0.3, 0.4) is 0 Å². The van der Waals surface area contributed by atoms with E-state index in [-0.39, 0.29) is 23.1 Å². The topological polar surface area (TPSA) is 67.7 Å². The minimum atomic E-state index is -4.46. The lowest BCUT2D eigenvalue weighted by Crippen LogP contribution is -2.22. The van der Waals surface area contributed by atoms with Crippen molar-refractivity contribution in [3.05, 3.63) is 112 Å². The van der Waals surface area contributed by atoms with Crippen LogP contribution in [0.25, 0.3) is 11.4 Å². The van der Waals surface area contributed by atoms with E-state index in [2.05, 4.69) is 9.97 Å². The van der Waals surface area contributed by atoms with Gasteiger partial charge in [-0.1, -0.05) is 66.2 Å².